The molecule has 0 saturated carbocycles. The summed E-state index contributed by atoms with van der Waals surface area (Å²) in [6.45, 7) is 0. The summed E-state index contributed by atoms with van der Waals surface area (Å²) >= 11 is 0.952. The Bertz CT molecular complexity index is 1250. The van der Waals surface area contributed by atoms with E-state index < -0.39 is 35.6 Å². The number of benzene rings is 2. The van der Waals surface area contributed by atoms with Gasteiger partial charge in [-0.25, -0.2) is 4.79 Å². The van der Waals surface area contributed by atoms with Gasteiger partial charge < -0.3 is 24.8 Å². The predicted octanol–water partition coefficient (Wildman–Crippen LogP) is 2.59. The van der Waals surface area contributed by atoms with E-state index in [4.69, 9.17) is 14.2 Å². The van der Waals surface area contributed by atoms with Crippen LogP contribution in [0.25, 0.3) is 0 Å². The number of allylic oxidation sites excluding steroid dienone is 1. The standard InChI is InChI=1S/C25H23N3O7S/c1-33-18-7-5-4-6-17(18)27-19(29)13-36-23-16(12-26)20(21(22(30)28-23)25(32)35-3)14-8-10-15(11-9-14)24(31)34-2/h4-11,20-21H,13H2,1-3H3,(H,27,29)(H,28,30)/t20-,21-/m0/s1. The lowest BCUT2D eigenvalue weighted by molar-refractivity contribution is -0.150. The Morgan fingerprint density at radius 1 is 1.06 bits per heavy atom. The van der Waals surface area contributed by atoms with Gasteiger partial charge >= 0.3 is 11.9 Å². The summed E-state index contributed by atoms with van der Waals surface area (Å²) in [4.78, 5) is 49.8. The second-order valence-electron chi connectivity index (χ2n) is 7.47. The fourth-order valence-electron chi connectivity index (χ4n) is 3.70. The molecule has 11 heteroatoms. The molecule has 2 amide bonds. The summed E-state index contributed by atoms with van der Waals surface area (Å²) in [7, 11) is 3.88. The second kappa shape index (κ2) is 11.9. The van der Waals surface area contributed by atoms with Gasteiger partial charge in [0, 0.05) is 5.92 Å². The summed E-state index contributed by atoms with van der Waals surface area (Å²) in [6.07, 6.45) is 0. The summed E-state index contributed by atoms with van der Waals surface area (Å²) < 4.78 is 14.7. The Balaban J connectivity index is 1.91. The van der Waals surface area contributed by atoms with Crippen molar-refractivity contribution in [1.82, 2.24) is 5.32 Å². The fraction of sp³-hybridized carbons (Fsp3) is 0.240. The first-order valence-corrected chi connectivity index (χ1v) is 11.6. The molecule has 0 aliphatic carbocycles. The molecule has 186 valence electrons. The molecule has 1 aliphatic rings. The Labute approximate surface area is 211 Å². The maximum atomic E-state index is 12.9. The van der Waals surface area contributed by atoms with Crippen molar-refractivity contribution in [3.63, 3.8) is 0 Å². The van der Waals surface area contributed by atoms with E-state index in [-0.39, 0.29) is 21.9 Å². The molecular formula is C25H23N3O7S. The van der Waals surface area contributed by atoms with Gasteiger partial charge in [0.25, 0.3) is 0 Å². The van der Waals surface area contributed by atoms with Crippen molar-refractivity contribution in [2.45, 2.75) is 5.92 Å². The first kappa shape index (κ1) is 26.3. The van der Waals surface area contributed by atoms with E-state index in [0.717, 1.165) is 18.9 Å². The van der Waals surface area contributed by atoms with Gasteiger partial charge in [-0.15, -0.1) is 0 Å². The number of ether oxygens (including phenoxy) is 3. The first-order valence-electron chi connectivity index (χ1n) is 10.6. The summed E-state index contributed by atoms with van der Waals surface area (Å²) in [6, 6.07) is 15.0. The average Bonchev–Trinajstić information content (AvgIpc) is 2.90. The summed E-state index contributed by atoms with van der Waals surface area (Å²) in [5.41, 5.74) is 1.27. The molecule has 3 rings (SSSR count). The van der Waals surface area contributed by atoms with Gasteiger partial charge in [-0.3, -0.25) is 14.4 Å². The highest BCUT2D eigenvalue weighted by Crippen LogP contribution is 2.40. The van der Waals surface area contributed by atoms with E-state index >= 15 is 0 Å². The lowest BCUT2D eigenvalue weighted by atomic mass is 9.78. The van der Waals surface area contributed by atoms with Crippen LogP contribution in [-0.4, -0.2) is 50.8 Å². The molecule has 0 radical (unpaired) electrons. The fourth-order valence-corrected chi connectivity index (χ4v) is 4.54. The zero-order valence-electron chi connectivity index (χ0n) is 19.7. The molecular weight excluding hydrogens is 486 g/mol. The van der Waals surface area contributed by atoms with Crippen LogP contribution in [0.1, 0.15) is 21.8 Å². The number of carbonyl (C=O) groups is 4. The van der Waals surface area contributed by atoms with Gasteiger partial charge in [0.2, 0.25) is 11.8 Å². The second-order valence-corrected chi connectivity index (χ2v) is 8.46. The number of hydrogen-bond acceptors (Lipinski definition) is 9. The molecule has 0 aromatic heterocycles. The minimum Gasteiger partial charge on any atom is -0.495 e. The number of methoxy groups -OCH3 is 3. The molecule has 0 unspecified atom stereocenters. The lowest BCUT2D eigenvalue weighted by Crippen LogP contribution is -2.44. The number of para-hydroxylation sites is 2. The van der Waals surface area contributed by atoms with Crippen LogP contribution < -0.4 is 15.4 Å². The van der Waals surface area contributed by atoms with Gasteiger partial charge in [-0.2, -0.15) is 5.26 Å². The minimum absolute atomic E-state index is 0.0888. The third-order valence-corrected chi connectivity index (χ3v) is 6.42. The van der Waals surface area contributed by atoms with E-state index in [1.165, 1.54) is 26.4 Å². The van der Waals surface area contributed by atoms with Crippen molar-refractivity contribution in [3.05, 3.63) is 70.3 Å². The molecule has 0 saturated heterocycles. The zero-order valence-corrected chi connectivity index (χ0v) is 20.5. The molecule has 2 aromatic carbocycles. The smallest absolute Gasteiger partial charge is 0.337 e. The van der Waals surface area contributed by atoms with E-state index in [1.54, 1.807) is 36.4 Å². The molecule has 10 nitrogen and oxygen atoms in total. The molecule has 2 N–H and O–H groups in total. The Kier molecular flexibility index (Phi) is 8.70. The van der Waals surface area contributed by atoms with Gasteiger partial charge in [-0.05, 0) is 29.8 Å². The molecule has 0 bridgehead atoms. The molecule has 36 heavy (non-hydrogen) atoms. The van der Waals surface area contributed by atoms with Crippen LogP contribution in [0.3, 0.4) is 0 Å². The van der Waals surface area contributed by atoms with Crippen molar-refractivity contribution in [1.29, 1.82) is 5.26 Å². The van der Waals surface area contributed by atoms with Gasteiger partial charge in [0.15, 0.2) is 0 Å². The Morgan fingerprint density at radius 2 is 1.75 bits per heavy atom. The number of esters is 2. The van der Waals surface area contributed by atoms with Crippen LogP contribution in [0.4, 0.5) is 5.69 Å². The highest BCUT2D eigenvalue weighted by atomic mass is 32.2. The van der Waals surface area contributed by atoms with Crippen molar-refractivity contribution in [3.8, 4) is 11.8 Å². The Hall–Kier alpha value is -4.30. The predicted molar refractivity (Wildman–Crippen MR) is 131 cm³/mol. The van der Waals surface area contributed by atoms with Crippen molar-refractivity contribution >= 4 is 41.2 Å². The van der Waals surface area contributed by atoms with Crippen molar-refractivity contribution in [2.75, 3.05) is 32.4 Å². The molecule has 1 aliphatic heterocycles. The maximum Gasteiger partial charge on any atom is 0.337 e. The van der Waals surface area contributed by atoms with Crippen LogP contribution in [-0.2, 0) is 23.9 Å². The SMILES string of the molecule is COC(=O)c1ccc([C@H]2C(C#N)=C(SCC(=O)Nc3ccccc3OC)NC(=O)[C@H]2C(=O)OC)cc1. The molecule has 0 spiro atoms. The zero-order chi connectivity index (χ0) is 26.2. The van der Waals surface area contributed by atoms with Crippen LogP contribution in [0.15, 0.2) is 59.1 Å². The number of rotatable bonds is 8. The third kappa shape index (κ3) is 5.67. The highest BCUT2D eigenvalue weighted by Gasteiger charge is 2.44. The van der Waals surface area contributed by atoms with Gasteiger partial charge in [0.1, 0.15) is 11.7 Å². The highest BCUT2D eigenvalue weighted by molar-refractivity contribution is 8.03. The van der Waals surface area contributed by atoms with Crippen LogP contribution >= 0.6 is 11.8 Å². The number of amides is 2. The van der Waals surface area contributed by atoms with E-state index in [2.05, 4.69) is 16.7 Å². The number of nitriles is 1. The Morgan fingerprint density at radius 3 is 2.36 bits per heavy atom. The lowest BCUT2D eigenvalue weighted by Gasteiger charge is -2.31. The van der Waals surface area contributed by atoms with Crippen molar-refractivity contribution < 1.29 is 33.4 Å². The molecule has 2 atom stereocenters. The molecule has 1 heterocycles. The topological polar surface area (TPSA) is 144 Å². The van der Waals surface area contributed by atoms with Crippen LogP contribution in [0.2, 0.25) is 0 Å². The number of carbonyl (C=O) groups excluding carboxylic acids is 4. The maximum absolute atomic E-state index is 12.9. The molecule has 0 fully saturated rings. The summed E-state index contributed by atoms with van der Waals surface area (Å²) in [5.74, 6) is -4.40. The van der Waals surface area contributed by atoms with Crippen LogP contribution in [0, 0.1) is 17.2 Å². The largest absolute Gasteiger partial charge is 0.495 e. The summed E-state index contributed by atoms with van der Waals surface area (Å²) in [5, 5.41) is 15.4. The number of nitrogens with zero attached hydrogens (tertiary/aromatic N) is 1. The monoisotopic (exact) mass is 509 g/mol. The van der Waals surface area contributed by atoms with Gasteiger partial charge in [0.05, 0.1) is 55.0 Å². The van der Waals surface area contributed by atoms with E-state index in [1.807, 2.05) is 0 Å². The van der Waals surface area contributed by atoms with E-state index in [9.17, 15) is 24.4 Å². The van der Waals surface area contributed by atoms with E-state index in [0.29, 0.717) is 17.0 Å². The van der Waals surface area contributed by atoms with Crippen molar-refractivity contribution in [2.24, 2.45) is 5.92 Å². The third-order valence-electron chi connectivity index (χ3n) is 5.40. The number of anilines is 1. The number of nitrogens with one attached hydrogen (secondary N) is 2. The van der Waals surface area contributed by atoms with Crippen LogP contribution in [0.5, 0.6) is 5.75 Å². The minimum atomic E-state index is -1.33. The first-order chi connectivity index (χ1) is 17.3. The quantitative estimate of drug-likeness (QED) is 0.405. The normalized spacial score (nSPS) is 16.9. The number of thioether (sulfide) groups is 1. The number of hydrogen-bond donors (Lipinski definition) is 2. The average molecular weight is 510 g/mol. The molecule has 2 aromatic rings. The van der Waals surface area contributed by atoms with Gasteiger partial charge in [-0.1, -0.05) is 36.0 Å².